The fourth-order valence-corrected chi connectivity index (χ4v) is 1.13. The van der Waals surface area contributed by atoms with Gasteiger partial charge < -0.3 is 10.4 Å². The van der Waals surface area contributed by atoms with Gasteiger partial charge in [-0.2, -0.15) is 0 Å². The molecule has 3 heteroatoms. The van der Waals surface area contributed by atoms with Gasteiger partial charge in [0.1, 0.15) is 0 Å². The van der Waals surface area contributed by atoms with Gasteiger partial charge in [0.25, 0.3) is 5.91 Å². The molecule has 0 radical (unpaired) electrons. The molecule has 0 bridgehead atoms. The van der Waals surface area contributed by atoms with Gasteiger partial charge in [-0.05, 0) is 19.8 Å². The molecule has 0 aromatic heterocycles. The maximum Gasteiger partial charge on any atom is 0.264 e. The van der Waals surface area contributed by atoms with E-state index in [1.165, 1.54) is 0 Å². The third-order valence-electron chi connectivity index (χ3n) is 1.71. The summed E-state index contributed by atoms with van der Waals surface area (Å²) in [4.78, 5) is 11.0. The van der Waals surface area contributed by atoms with Gasteiger partial charge in [0.2, 0.25) is 5.60 Å². The van der Waals surface area contributed by atoms with Crippen molar-refractivity contribution in [1.82, 2.24) is 5.32 Å². The molecule has 1 saturated heterocycles. The van der Waals surface area contributed by atoms with E-state index in [1.54, 1.807) is 6.92 Å². The number of hydrogen-bond acceptors (Lipinski definition) is 2. The lowest BCUT2D eigenvalue weighted by Gasteiger charge is -2.25. The van der Waals surface area contributed by atoms with Gasteiger partial charge in [-0.15, -0.1) is 5.92 Å². The Hall–Kier alpha value is -1.01. The molecule has 0 aromatic carbocycles. The zero-order chi connectivity index (χ0) is 8.32. The van der Waals surface area contributed by atoms with E-state index in [-0.39, 0.29) is 5.91 Å². The monoisotopic (exact) mass is 153 g/mol. The number of amides is 1. The summed E-state index contributed by atoms with van der Waals surface area (Å²) >= 11 is 0. The normalized spacial score (nSPS) is 30.2. The van der Waals surface area contributed by atoms with Gasteiger partial charge in [0.05, 0.1) is 0 Å². The molecule has 0 aliphatic carbocycles. The van der Waals surface area contributed by atoms with Crippen molar-refractivity contribution in [2.24, 2.45) is 0 Å². The molecule has 1 fully saturated rings. The van der Waals surface area contributed by atoms with Crippen molar-refractivity contribution < 1.29 is 9.90 Å². The highest BCUT2D eigenvalue weighted by Crippen LogP contribution is 2.15. The van der Waals surface area contributed by atoms with E-state index in [2.05, 4.69) is 17.2 Å². The molecule has 0 saturated carbocycles. The smallest absolute Gasteiger partial charge is 0.264 e. The second kappa shape index (κ2) is 2.93. The topological polar surface area (TPSA) is 49.3 Å². The van der Waals surface area contributed by atoms with Crippen LogP contribution in [0.3, 0.4) is 0 Å². The molecule has 1 aliphatic heterocycles. The maximum atomic E-state index is 11.0. The van der Waals surface area contributed by atoms with Crippen molar-refractivity contribution in [1.29, 1.82) is 0 Å². The first kappa shape index (κ1) is 8.09. The highest BCUT2D eigenvalue weighted by atomic mass is 16.3. The highest BCUT2D eigenvalue weighted by molar-refractivity contribution is 5.89. The average Bonchev–Trinajstić information content (AvgIpc) is 1.96. The standard InChI is InChI=1S/C8H11NO2/c1-2-4-8(11)5-3-6-9-7(8)10/h11H,3,5-6H2,1H3,(H,9,10). The van der Waals surface area contributed by atoms with E-state index in [0.717, 1.165) is 6.42 Å². The minimum Gasteiger partial charge on any atom is -0.369 e. The number of piperidine rings is 1. The van der Waals surface area contributed by atoms with Crippen LogP contribution < -0.4 is 5.32 Å². The van der Waals surface area contributed by atoms with Gasteiger partial charge in [-0.3, -0.25) is 4.79 Å². The van der Waals surface area contributed by atoms with Crippen LogP contribution in [0.25, 0.3) is 0 Å². The molecule has 3 nitrogen and oxygen atoms in total. The Morgan fingerprint density at radius 1 is 1.73 bits per heavy atom. The Morgan fingerprint density at radius 2 is 2.45 bits per heavy atom. The molecular formula is C8H11NO2. The summed E-state index contributed by atoms with van der Waals surface area (Å²) in [5, 5.41) is 12.1. The number of carbonyl (C=O) groups is 1. The third-order valence-corrected chi connectivity index (χ3v) is 1.71. The lowest BCUT2D eigenvalue weighted by Crippen LogP contribution is -2.50. The van der Waals surface area contributed by atoms with Gasteiger partial charge in [-0.1, -0.05) is 5.92 Å². The first-order valence-electron chi connectivity index (χ1n) is 3.63. The summed E-state index contributed by atoms with van der Waals surface area (Å²) in [5.74, 6) is 4.69. The van der Waals surface area contributed by atoms with Crippen LogP contribution in [0.1, 0.15) is 19.8 Å². The second-order valence-corrected chi connectivity index (χ2v) is 2.59. The average molecular weight is 153 g/mol. The van der Waals surface area contributed by atoms with E-state index >= 15 is 0 Å². The van der Waals surface area contributed by atoms with E-state index in [0.29, 0.717) is 13.0 Å². The quantitative estimate of drug-likeness (QED) is 0.467. The summed E-state index contributed by atoms with van der Waals surface area (Å²) in [7, 11) is 0. The molecule has 11 heavy (non-hydrogen) atoms. The summed E-state index contributed by atoms with van der Waals surface area (Å²) in [6, 6.07) is 0. The van der Waals surface area contributed by atoms with Crippen LogP contribution in [-0.4, -0.2) is 23.2 Å². The molecule has 1 heterocycles. The molecular weight excluding hydrogens is 142 g/mol. The van der Waals surface area contributed by atoms with Crippen LogP contribution in [0.2, 0.25) is 0 Å². The SMILES string of the molecule is CC#CC1(O)CCCNC1=O. The Bertz CT molecular complexity index is 226. The van der Waals surface area contributed by atoms with Crippen LogP contribution in [0.5, 0.6) is 0 Å². The van der Waals surface area contributed by atoms with Crippen LogP contribution in [0.4, 0.5) is 0 Å². The molecule has 1 amide bonds. The van der Waals surface area contributed by atoms with Gasteiger partial charge in [-0.25, -0.2) is 0 Å². The second-order valence-electron chi connectivity index (χ2n) is 2.59. The van der Waals surface area contributed by atoms with E-state index < -0.39 is 5.60 Å². The van der Waals surface area contributed by atoms with E-state index in [9.17, 15) is 9.90 Å². The molecule has 1 aliphatic rings. The first-order valence-corrected chi connectivity index (χ1v) is 3.63. The van der Waals surface area contributed by atoms with E-state index in [4.69, 9.17) is 0 Å². The summed E-state index contributed by atoms with van der Waals surface area (Å²) in [6.45, 7) is 2.26. The summed E-state index contributed by atoms with van der Waals surface area (Å²) in [6.07, 6.45) is 1.23. The van der Waals surface area contributed by atoms with Crippen LogP contribution in [0.15, 0.2) is 0 Å². The largest absolute Gasteiger partial charge is 0.369 e. The summed E-state index contributed by atoms with van der Waals surface area (Å²) in [5.41, 5.74) is -1.42. The van der Waals surface area contributed by atoms with Crippen LogP contribution >= 0.6 is 0 Å². The van der Waals surface area contributed by atoms with E-state index in [1.807, 2.05) is 0 Å². The van der Waals surface area contributed by atoms with Crippen molar-refractivity contribution in [3.63, 3.8) is 0 Å². The zero-order valence-corrected chi connectivity index (χ0v) is 6.48. The Morgan fingerprint density at radius 3 is 3.00 bits per heavy atom. The Kier molecular flexibility index (Phi) is 2.16. The predicted molar refractivity (Wildman–Crippen MR) is 40.6 cm³/mol. The van der Waals surface area contributed by atoms with Gasteiger partial charge in [0, 0.05) is 6.54 Å². The fraction of sp³-hybridized carbons (Fsp3) is 0.625. The van der Waals surface area contributed by atoms with Crippen molar-refractivity contribution in [3.05, 3.63) is 0 Å². The molecule has 2 N–H and O–H groups in total. The number of carbonyl (C=O) groups excluding carboxylic acids is 1. The third kappa shape index (κ3) is 1.52. The number of hydrogen-bond donors (Lipinski definition) is 2. The zero-order valence-electron chi connectivity index (χ0n) is 6.48. The molecule has 0 aromatic rings. The minimum atomic E-state index is -1.42. The Balaban J connectivity index is 2.78. The summed E-state index contributed by atoms with van der Waals surface area (Å²) < 4.78 is 0. The molecule has 1 rings (SSSR count). The van der Waals surface area contributed by atoms with Crippen LogP contribution in [-0.2, 0) is 4.79 Å². The van der Waals surface area contributed by atoms with Gasteiger partial charge in [0.15, 0.2) is 0 Å². The van der Waals surface area contributed by atoms with Crippen molar-refractivity contribution >= 4 is 5.91 Å². The maximum absolute atomic E-state index is 11.0. The number of nitrogens with one attached hydrogen (secondary N) is 1. The molecule has 60 valence electrons. The predicted octanol–water partition coefficient (Wildman–Crippen LogP) is -0.349. The van der Waals surface area contributed by atoms with Crippen molar-refractivity contribution in [2.45, 2.75) is 25.4 Å². The lowest BCUT2D eigenvalue weighted by molar-refractivity contribution is -0.137. The lowest BCUT2D eigenvalue weighted by atomic mass is 9.94. The highest BCUT2D eigenvalue weighted by Gasteiger charge is 2.35. The van der Waals surface area contributed by atoms with Crippen LogP contribution in [0, 0.1) is 11.8 Å². The minimum absolute atomic E-state index is 0.363. The Labute approximate surface area is 65.8 Å². The number of rotatable bonds is 0. The first-order chi connectivity index (χ1) is 5.19. The molecule has 0 spiro atoms. The van der Waals surface area contributed by atoms with Gasteiger partial charge >= 0.3 is 0 Å². The fourth-order valence-electron chi connectivity index (χ4n) is 1.13. The number of aliphatic hydroxyl groups is 1. The molecule has 1 unspecified atom stereocenters. The van der Waals surface area contributed by atoms with Crippen molar-refractivity contribution in [2.75, 3.05) is 6.54 Å². The van der Waals surface area contributed by atoms with Crippen molar-refractivity contribution in [3.8, 4) is 11.8 Å². The molecule has 1 atom stereocenters.